The van der Waals surface area contributed by atoms with Gasteiger partial charge in [0.25, 0.3) is 0 Å². The molecule has 2 aromatic rings. The van der Waals surface area contributed by atoms with Crippen LogP contribution >= 0.6 is 0 Å². The molecular weight excluding hydrogens is 706 g/mol. The Morgan fingerprint density at radius 3 is 1.91 bits per heavy atom. The Morgan fingerprint density at radius 2 is 1.31 bits per heavy atom. The summed E-state index contributed by atoms with van der Waals surface area (Å²) in [7, 11) is 0. The highest BCUT2D eigenvalue weighted by Gasteiger charge is 2.52. The van der Waals surface area contributed by atoms with Crippen LogP contribution in [0.15, 0.2) is 60.7 Å². The molecule has 1 fully saturated rings. The highest BCUT2D eigenvalue weighted by Crippen LogP contribution is 2.44. The number of hydrogen-bond donors (Lipinski definition) is 1. The second-order valence-electron chi connectivity index (χ2n) is 12.7. The van der Waals surface area contributed by atoms with Gasteiger partial charge in [-0.25, -0.2) is 9.59 Å². The summed E-state index contributed by atoms with van der Waals surface area (Å²) in [5.74, 6) is -3.78. The topological polar surface area (TPSA) is 188 Å². The SMILES string of the molecule is CCCCOC(=O)[C@H](CC=CCO[C@H]1OC(COC(C)=O)[C@H](OC(C)=O)C(OC(C)=O)C1OC(C)=O)NC(=O)OCC1c2ccccc2-c2ccccc21. The highest BCUT2D eigenvalue weighted by atomic mass is 16.7. The molecule has 1 saturated heterocycles. The van der Waals surface area contributed by atoms with E-state index in [1.807, 2.05) is 55.5 Å². The first-order valence-electron chi connectivity index (χ1n) is 17.7. The van der Waals surface area contributed by atoms with Crippen molar-refractivity contribution in [1.82, 2.24) is 5.32 Å². The standard InChI is InChI=1S/C39H47NO14/c1-6-7-19-47-37(45)32(40-39(46)50-21-31-29-16-10-8-14-27(29)28-15-9-11-17-30(28)31)18-12-13-20-48-38-36(53-26(5)44)35(52-25(4)43)34(51-24(3)42)33(54-38)22-49-23(2)41/h8-17,31-36,38H,6-7,18-22H2,1-5H3,(H,40,46)/t32-,33?,34-,35?,36?,38-/m0/s1. The summed E-state index contributed by atoms with van der Waals surface area (Å²) >= 11 is 0. The van der Waals surface area contributed by atoms with Gasteiger partial charge < -0.3 is 43.2 Å². The lowest BCUT2D eigenvalue weighted by atomic mass is 9.98. The number of esters is 5. The average Bonchev–Trinajstić information content (AvgIpc) is 3.44. The van der Waals surface area contributed by atoms with Gasteiger partial charge in [-0.1, -0.05) is 74.0 Å². The molecule has 0 bridgehead atoms. The van der Waals surface area contributed by atoms with Gasteiger partial charge >= 0.3 is 35.9 Å². The Labute approximate surface area is 313 Å². The van der Waals surface area contributed by atoms with Crippen LogP contribution in [0, 0.1) is 0 Å². The van der Waals surface area contributed by atoms with Gasteiger partial charge in [-0.05, 0) is 35.1 Å². The zero-order chi connectivity index (χ0) is 39.2. The predicted octanol–water partition coefficient (Wildman–Crippen LogP) is 4.28. The molecule has 292 valence electrons. The first-order valence-corrected chi connectivity index (χ1v) is 17.7. The summed E-state index contributed by atoms with van der Waals surface area (Å²) in [6, 6.07) is 14.8. The quantitative estimate of drug-likeness (QED) is 0.104. The van der Waals surface area contributed by atoms with Crippen molar-refractivity contribution in [2.45, 2.75) is 96.5 Å². The van der Waals surface area contributed by atoms with E-state index in [2.05, 4.69) is 5.32 Å². The van der Waals surface area contributed by atoms with Crippen LogP contribution in [-0.4, -0.2) is 99.1 Å². The van der Waals surface area contributed by atoms with Gasteiger partial charge in [0.2, 0.25) is 0 Å². The number of unbranched alkanes of at least 4 members (excludes halogenated alkanes) is 1. The van der Waals surface area contributed by atoms with Crippen molar-refractivity contribution in [3.05, 3.63) is 71.8 Å². The molecule has 4 rings (SSSR count). The Hall–Kier alpha value is -5.28. The molecule has 15 heteroatoms. The summed E-state index contributed by atoms with van der Waals surface area (Å²) < 4.78 is 44.1. The van der Waals surface area contributed by atoms with E-state index in [0.717, 1.165) is 49.4 Å². The van der Waals surface area contributed by atoms with Crippen LogP contribution in [0.5, 0.6) is 0 Å². The maximum absolute atomic E-state index is 13.1. The van der Waals surface area contributed by atoms with E-state index in [1.54, 1.807) is 6.08 Å². The maximum atomic E-state index is 13.1. The molecule has 2 aliphatic rings. The van der Waals surface area contributed by atoms with E-state index >= 15 is 0 Å². The number of carbonyl (C=O) groups is 6. The van der Waals surface area contributed by atoms with Gasteiger partial charge in [-0.3, -0.25) is 19.2 Å². The summed E-state index contributed by atoms with van der Waals surface area (Å²) in [6.07, 6.45) is -2.92. The number of rotatable bonds is 17. The highest BCUT2D eigenvalue weighted by molar-refractivity contribution is 5.82. The Kier molecular flexibility index (Phi) is 15.6. The normalized spacial score (nSPS) is 20.9. The minimum absolute atomic E-state index is 0.00289. The molecular formula is C39H47NO14. The van der Waals surface area contributed by atoms with E-state index in [0.29, 0.717) is 6.42 Å². The lowest BCUT2D eigenvalue weighted by molar-refractivity contribution is -0.305. The Balaban J connectivity index is 1.43. The van der Waals surface area contributed by atoms with E-state index < -0.39 is 79.3 Å². The Morgan fingerprint density at radius 1 is 0.722 bits per heavy atom. The number of hydrogen-bond acceptors (Lipinski definition) is 14. The minimum atomic E-state index is -1.39. The van der Waals surface area contributed by atoms with Crippen LogP contribution in [0.3, 0.4) is 0 Å². The van der Waals surface area contributed by atoms with Crippen LogP contribution in [-0.2, 0) is 61.9 Å². The molecule has 1 aliphatic carbocycles. The van der Waals surface area contributed by atoms with Gasteiger partial charge in [0.1, 0.15) is 25.4 Å². The van der Waals surface area contributed by atoms with Crippen molar-refractivity contribution in [2.75, 3.05) is 26.4 Å². The third-order valence-corrected chi connectivity index (χ3v) is 8.51. The molecule has 0 radical (unpaired) electrons. The number of fused-ring (bicyclic) bond motifs is 3. The zero-order valence-electron chi connectivity index (χ0n) is 31.0. The third kappa shape index (κ3) is 11.6. The summed E-state index contributed by atoms with van der Waals surface area (Å²) in [6.45, 7) is 6.12. The van der Waals surface area contributed by atoms with E-state index in [1.165, 1.54) is 13.0 Å². The molecule has 3 unspecified atom stereocenters. The second-order valence-corrected chi connectivity index (χ2v) is 12.7. The fourth-order valence-corrected chi connectivity index (χ4v) is 6.19. The van der Waals surface area contributed by atoms with Crippen LogP contribution in [0.25, 0.3) is 11.1 Å². The van der Waals surface area contributed by atoms with Gasteiger partial charge in [-0.2, -0.15) is 0 Å². The molecule has 1 amide bonds. The second kappa shape index (κ2) is 20.3. The van der Waals surface area contributed by atoms with E-state index in [9.17, 15) is 28.8 Å². The van der Waals surface area contributed by atoms with Crippen LogP contribution < -0.4 is 5.32 Å². The number of ether oxygens (including phenoxy) is 8. The molecule has 1 aliphatic heterocycles. The number of nitrogens with one attached hydrogen (secondary N) is 1. The Bertz CT molecular complexity index is 1630. The number of amides is 1. The summed E-state index contributed by atoms with van der Waals surface area (Å²) in [4.78, 5) is 73.8. The number of carbonyl (C=O) groups excluding carboxylic acids is 6. The van der Waals surface area contributed by atoms with Crippen molar-refractivity contribution >= 4 is 35.9 Å². The van der Waals surface area contributed by atoms with Gasteiger partial charge in [0.15, 0.2) is 24.6 Å². The molecule has 0 aromatic heterocycles. The van der Waals surface area contributed by atoms with Gasteiger partial charge in [0, 0.05) is 33.6 Å². The summed E-state index contributed by atoms with van der Waals surface area (Å²) in [5.41, 5.74) is 4.24. The molecule has 0 saturated carbocycles. The summed E-state index contributed by atoms with van der Waals surface area (Å²) in [5, 5.41) is 2.62. The largest absolute Gasteiger partial charge is 0.464 e. The molecule has 1 N–H and O–H groups in total. The van der Waals surface area contributed by atoms with Gasteiger partial charge in [0.05, 0.1) is 13.2 Å². The van der Waals surface area contributed by atoms with Gasteiger partial charge in [-0.15, -0.1) is 0 Å². The van der Waals surface area contributed by atoms with Crippen molar-refractivity contribution in [1.29, 1.82) is 0 Å². The molecule has 2 aromatic carbocycles. The van der Waals surface area contributed by atoms with Crippen molar-refractivity contribution in [2.24, 2.45) is 0 Å². The number of benzene rings is 2. The first kappa shape index (κ1) is 41.5. The molecule has 1 heterocycles. The van der Waals surface area contributed by atoms with Crippen molar-refractivity contribution < 1.29 is 66.7 Å². The zero-order valence-corrected chi connectivity index (χ0v) is 31.0. The average molecular weight is 754 g/mol. The number of alkyl carbamates (subject to hydrolysis) is 1. The van der Waals surface area contributed by atoms with E-state index in [4.69, 9.17) is 37.9 Å². The lowest BCUT2D eigenvalue weighted by Gasteiger charge is -2.43. The van der Waals surface area contributed by atoms with Crippen LogP contribution in [0.1, 0.15) is 70.9 Å². The smallest absolute Gasteiger partial charge is 0.407 e. The lowest BCUT2D eigenvalue weighted by Crippen LogP contribution is -2.62. The molecule has 54 heavy (non-hydrogen) atoms. The first-order chi connectivity index (χ1) is 25.9. The van der Waals surface area contributed by atoms with Crippen LogP contribution in [0.4, 0.5) is 4.79 Å². The van der Waals surface area contributed by atoms with Crippen molar-refractivity contribution in [3.8, 4) is 11.1 Å². The molecule has 0 spiro atoms. The monoisotopic (exact) mass is 753 g/mol. The maximum Gasteiger partial charge on any atom is 0.407 e. The minimum Gasteiger partial charge on any atom is -0.464 e. The fourth-order valence-electron chi connectivity index (χ4n) is 6.19. The third-order valence-electron chi connectivity index (χ3n) is 8.51. The van der Waals surface area contributed by atoms with Crippen molar-refractivity contribution in [3.63, 3.8) is 0 Å². The van der Waals surface area contributed by atoms with Crippen LogP contribution in [0.2, 0.25) is 0 Å². The van der Waals surface area contributed by atoms with E-state index in [-0.39, 0.29) is 32.2 Å². The predicted molar refractivity (Wildman–Crippen MR) is 190 cm³/mol. The fraction of sp³-hybridized carbons (Fsp3) is 0.487. The molecule has 15 nitrogen and oxygen atoms in total. The molecule has 6 atom stereocenters.